The van der Waals surface area contributed by atoms with Crippen molar-refractivity contribution >= 4 is 34.1 Å². The second kappa shape index (κ2) is 6.96. The van der Waals surface area contributed by atoms with E-state index < -0.39 is 17.7 Å². The molecule has 2 aliphatic rings. The number of fused-ring (bicyclic) bond motifs is 2. The van der Waals surface area contributed by atoms with Crippen LogP contribution >= 0.6 is 11.3 Å². The van der Waals surface area contributed by atoms with Gasteiger partial charge in [0, 0.05) is 4.88 Å². The fourth-order valence-corrected chi connectivity index (χ4v) is 4.80. The number of rotatable bonds is 3. The molecule has 1 atom stereocenters. The minimum atomic E-state index is -0.636. The van der Waals surface area contributed by atoms with Gasteiger partial charge in [0.15, 0.2) is 0 Å². The van der Waals surface area contributed by atoms with E-state index in [4.69, 9.17) is 15.2 Å². The Balaban J connectivity index is 1.62. The molecule has 2 aromatic rings. The Morgan fingerprint density at radius 1 is 1.24 bits per heavy atom. The average molecular weight is 414 g/mol. The Bertz CT molecular complexity index is 986. The summed E-state index contributed by atoms with van der Waals surface area (Å²) < 4.78 is 11.4. The van der Waals surface area contributed by atoms with E-state index in [-0.39, 0.29) is 18.4 Å². The third kappa shape index (κ3) is 3.42. The maximum atomic E-state index is 12.7. The zero-order valence-electron chi connectivity index (χ0n) is 16.5. The number of anilines is 1. The van der Waals surface area contributed by atoms with Crippen LogP contribution in [0.5, 0.6) is 0 Å². The van der Waals surface area contributed by atoms with Gasteiger partial charge in [0.1, 0.15) is 16.7 Å². The molecule has 2 amide bonds. The van der Waals surface area contributed by atoms with E-state index in [9.17, 15) is 14.4 Å². The quantitative estimate of drug-likeness (QED) is 0.612. The van der Waals surface area contributed by atoms with Crippen LogP contribution in [0.4, 0.5) is 5.00 Å². The highest BCUT2D eigenvalue weighted by Gasteiger charge is 2.39. The molecule has 2 aliphatic heterocycles. The fraction of sp³-hybridized carbons (Fsp3) is 0.381. The predicted molar refractivity (Wildman–Crippen MR) is 108 cm³/mol. The van der Waals surface area contributed by atoms with Gasteiger partial charge in [0.25, 0.3) is 11.8 Å². The van der Waals surface area contributed by atoms with Crippen LogP contribution in [0.25, 0.3) is 0 Å². The summed E-state index contributed by atoms with van der Waals surface area (Å²) in [6.45, 7) is 5.84. The molecule has 1 aromatic carbocycles. The van der Waals surface area contributed by atoms with Crippen molar-refractivity contribution in [1.82, 2.24) is 4.90 Å². The lowest BCUT2D eigenvalue weighted by Gasteiger charge is -2.27. The van der Waals surface area contributed by atoms with Crippen LogP contribution in [0.2, 0.25) is 0 Å². The molecule has 0 saturated carbocycles. The number of benzene rings is 1. The number of hydrogen-bond donors (Lipinski definition) is 1. The molecule has 0 spiro atoms. The number of carbonyl (C=O) groups excluding carboxylic acids is 3. The number of nitrogens with two attached hydrogens (primary N) is 1. The molecule has 0 aliphatic carbocycles. The fourth-order valence-electron chi connectivity index (χ4n) is 3.65. The van der Waals surface area contributed by atoms with E-state index in [1.807, 2.05) is 0 Å². The zero-order chi connectivity index (χ0) is 20.9. The van der Waals surface area contributed by atoms with Gasteiger partial charge in [-0.05, 0) is 44.9 Å². The Morgan fingerprint density at radius 3 is 2.45 bits per heavy atom. The van der Waals surface area contributed by atoms with Gasteiger partial charge in [0.2, 0.25) is 0 Å². The lowest BCUT2D eigenvalue weighted by atomic mass is 10.0. The molecule has 0 radical (unpaired) electrons. The topological polar surface area (TPSA) is 98.9 Å². The summed E-state index contributed by atoms with van der Waals surface area (Å²) in [6.07, 6.45) is 0.000377. The minimum Gasteiger partial charge on any atom is -0.456 e. The number of amides is 2. The van der Waals surface area contributed by atoms with Gasteiger partial charge in [-0.25, -0.2) is 4.79 Å². The monoisotopic (exact) mass is 414 g/mol. The number of thiophene rings is 1. The standard InChI is InChI=1S/C21H22N2O5S/c1-21(2,3)28-20(26)15-13-8-9-27-14(16(13)29-17(15)22)10-23-18(24)11-6-4-5-7-12(11)19(23)25/h4-7,14H,8-10,22H2,1-3H3. The highest BCUT2D eigenvalue weighted by atomic mass is 32.1. The predicted octanol–water partition coefficient (Wildman–Crippen LogP) is 3.20. The van der Waals surface area contributed by atoms with Crippen LogP contribution in [-0.4, -0.2) is 41.4 Å². The summed E-state index contributed by atoms with van der Waals surface area (Å²) in [5.41, 5.74) is 7.47. The van der Waals surface area contributed by atoms with Gasteiger partial charge in [-0.2, -0.15) is 0 Å². The molecule has 2 N–H and O–H groups in total. The number of ether oxygens (including phenoxy) is 2. The molecule has 0 bridgehead atoms. The second-order valence-corrected chi connectivity index (χ2v) is 9.15. The Labute approximate surface area is 172 Å². The summed E-state index contributed by atoms with van der Waals surface area (Å²) in [4.78, 5) is 40.0. The highest BCUT2D eigenvalue weighted by Crippen LogP contribution is 2.41. The number of esters is 1. The number of hydrogen-bond acceptors (Lipinski definition) is 7. The molecule has 152 valence electrons. The Hall–Kier alpha value is -2.71. The van der Waals surface area contributed by atoms with Crippen LogP contribution in [0, 0.1) is 0 Å². The van der Waals surface area contributed by atoms with E-state index in [1.54, 1.807) is 45.0 Å². The van der Waals surface area contributed by atoms with Gasteiger partial charge in [-0.3, -0.25) is 14.5 Å². The number of imide groups is 1. The van der Waals surface area contributed by atoms with Crippen LogP contribution in [0.1, 0.15) is 68.4 Å². The van der Waals surface area contributed by atoms with Gasteiger partial charge in [0.05, 0.1) is 29.8 Å². The van der Waals surface area contributed by atoms with E-state index in [1.165, 1.54) is 16.2 Å². The van der Waals surface area contributed by atoms with Crippen LogP contribution in [0.15, 0.2) is 24.3 Å². The van der Waals surface area contributed by atoms with Crippen molar-refractivity contribution in [3.63, 3.8) is 0 Å². The van der Waals surface area contributed by atoms with Crippen LogP contribution < -0.4 is 5.73 Å². The summed E-state index contributed by atoms with van der Waals surface area (Å²) in [5.74, 6) is -1.13. The number of nitrogen functional groups attached to an aromatic ring is 1. The van der Waals surface area contributed by atoms with Gasteiger partial charge in [-0.1, -0.05) is 12.1 Å². The first-order chi connectivity index (χ1) is 13.7. The SMILES string of the molecule is CC(C)(C)OC(=O)c1c(N)sc2c1CCOC2CN1C(=O)c2ccccc2C1=O. The molecule has 3 heterocycles. The van der Waals surface area contributed by atoms with Crippen molar-refractivity contribution in [2.75, 3.05) is 18.9 Å². The minimum absolute atomic E-state index is 0.0764. The van der Waals surface area contributed by atoms with Crippen molar-refractivity contribution in [2.45, 2.75) is 38.9 Å². The average Bonchev–Trinajstić information content (AvgIpc) is 3.10. The van der Waals surface area contributed by atoms with E-state index in [0.717, 1.165) is 10.4 Å². The Kier molecular flexibility index (Phi) is 4.71. The first kappa shape index (κ1) is 19.6. The second-order valence-electron chi connectivity index (χ2n) is 8.06. The normalized spacial score (nSPS) is 18.6. The van der Waals surface area contributed by atoms with Crippen molar-refractivity contribution in [3.8, 4) is 0 Å². The molecule has 7 nitrogen and oxygen atoms in total. The molecule has 4 rings (SSSR count). The van der Waals surface area contributed by atoms with Gasteiger partial charge < -0.3 is 15.2 Å². The van der Waals surface area contributed by atoms with Gasteiger partial charge >= 0.3 is 5.97 Å². The van der Waals surface area contributed by atoms with Crippen molar-refractivity contribution in [2.24, 2.45) is 0 Å². The van der Waals surface area contributed by atoms with E-state index >= 15 is 0 Å². The molecule has 0 fully saturated rings. The van der Waals surface area contributed by atoms with Crippen LogP contribution in [-0.2, 0) is 15.9 Å². The first-order valence-electron chi connectivity index (χ1n) is 9.38. The smallest absolute Gasteiger partial charge is 0.341 e. The molecular weight excluding hydrogens is 392 g/mol. The number of nitrogens with zero attached hydrogens (tertiary/aromatic N) is 1. The third-order valence-corrected chi connectivity index (χ3v) is 6.01. The zero-order valence-corrected chi connectivity index (χ0v) is 17.3. The largest absolute Gasteiger partial charge is 0.456 e. The summed E-state index contributed by atoms with van der Waals surface area (Å²) in [6, 6.07) is 6.75. The molecule has 8 heteroatoms. The van der Waals surface area contributed by atoms with Crippen LogP contribution in [0.3, 0.4) is 0 Å². The lowest BCUT2D eigenvalue weighted by molar-refractivity contribution is 0.00571. The maximum absolute atomic E-state index is 12.7. The number of carbonyl (C=O) groups is 3. The molecular formula is C21H22N2O5S. The third-order valence-electron chi connectivity index (χ3n) is 4.86. The van der Waals surface area contributed by atoms with Gasteiger partial charge in [-0.15, -0.1) is 11.3 Å². The molecule has 29 heavy (non-hydrogen) atoms. The molecule has 1 unspecified atom stereocenters. The summed E-state index contributed by atoms with van der Waals surface area (Å²) >= 11 is 1.25. The van der Waals surface area contributed by atoms with Crippen molar-refractivity contribution in [1.29, 1.82) is 0 Å². The summed E-state index contributed by atoms with van der Waals surface area (Å²) in [5, 5.41) is 0.363. The Morgan fingerprint density at radius 2 is 1.86 bits per heavy atom. The molecule has 1 aromatic heterocycles. The van der Waals surface area contributed by atoms with Crippen molar-refractivity contribution < 1.29 is 23.9 Å². The maximum Gasteiger partial charge on any atom is 0.341 e. The lowest BCUT2D eigenvalue weighted by Crippen LogP contribution is -2.36. The first-order valence-corrected chi connectivity index (χ1v) is 10.2. The molecule has 0 saturated heterocycles. The van der Waals surface area contributed by atoms with Crippen molar-refractivity contribution in [3.05, 3.63) is 51.4 Å². The van der Waals surface area contributed by atoms with E-state index in [0.29, 0.717) is 34.7 Å². The van der Waals surface area contributed by atoms with E-state index in [2.05, 4.69) is 0 Å². The summed E-state index contributed by atoms with van der Waals surface area (Å²) in [7, 11) is 0. The highest BCUT2D eigenvalue weighted by molar-refractivity contribution is 7.16.